The molecule has 4 rings (SSSR count). The smallest absolute Gasteiger partial charge is 0.339 e. The van der Waals surface area contributed by atoms with Crippen molar-refractivity contribution in [2.75, 3.05) is 0 Å². The highest BCUT2D eigenvalue weighted by Gasteiger charge is 2.25. The van der Waals surface area contributed by atoms with Crippen molar-refractivity contribution in [1.29, 1.82) is 0 Å². The van der Waals surface area contributed by atoms with Gasteiger partial charge in [-0.2, -0.15) is 0 Å². The van der Waals surface area contributed by atoms with Crippen LogP contribution in [0.3, 0.4) is 0 Å². The summed E-state index contributed by atoms with van der Waals surface area (Å²) in [7, 11) is -4.01. The molecule has 0 radical (unpaired) electrons. The highest BCUT2D eigenvalue weighted by atomic mass is 32.2. The highest BCUT2D eigenvalue weighted by Crippen LogP contribution is 2.31. The van der Waals surface area contributed by atoms with Crippen LogP contribution in [0.1, 0.15) is 21.8 Å². The van der Waals surface area contributed by atoms with Gasteiger partial charge >= 0.3 is 5.97 Å². The molecule has 0 saturated carbocycles. The Balaban J connectivity index is 2.04. The van der Waals surface area contributed by atoms with E-state index >= 15 is 0 Å². The van der Waals surface area contributed by atoms with Gasteiger partial charge in [-0.05, 0) is 32.0 Å². The lowest BCUT2D eigenvalue weighted by Gasteiger charge is -2.08. The van der Waals surface area contributed by atoms with E-state index in [0.717, 1.165) is 10.2 Å². The van der Waals surface area contributed by atoms with E-state index in [0.29, 0.717) is 22.6 Å². The predicted molar refractivity (Wildman–Crippen MR) is 101 cm³/mol. The predicted octanol–water partition coefficient (Wildman–Crippen LogP) is 3.24. The Bertz CT molecular complexity index is 1300. The highest BCUT2D eigenvalue weighted by molar-refractivity contribution is 7.90. The van der Waals surface area contributed by atoms with Crippen LogP contribution >= 0.6 is 0 Å². The number of aromatic carboxylic acids is 1. The number of benzene rings is 1. The first-order chi connectivity index (χ1) is 13.3. The molecule has 0 aliphatic carbocycles. The molecule has 4 aromatic rings. The lowest BCUT2D eigenvalue weighted by Crippen LogP contribution is -2.12. The summed E-state index contributed by atoms with van der Waals surface area (Å²) in [5.74, 6) is -0.703. The first-order valence-corrected chi connectivity index (χ1v) is 9.73. The number of aryl methyl sites for hydroxylation is 2. The summed E-state index contributed by atoms with van der Waals surface area (Å²) in [6.45, 7) is 3.50. The van der Waals surface area contributed by atoms with Gasteiger partial charge < -0.3 is 9.63 Å². The third kappa shape index (κ3) is 2.67. The zero-order valence-corrected chi connectivity index (χ0v) is 15.8. The lowest BCUT2D eigenvalue weighted by atomic mass is 10.1. The number of aromatic nitrogens is 3. The molecule has 0 spiro atoms. The van der Waals surface area contributed by atoms with Crippen molar-refractivity contribution in [1.82, 2.24) is 14.1 Å². The van der Waals surface area contributed by atoms with E-state index in [4.69, 9.17) is 4.52 Å². The Labute approximate surface area is 160 Å². The van der Waals surface area contributed by atoms with Gasteiger partial charge in [0.05, 0.1) is 16.1 Å². The molecule has 0 fully saturated rings. The molecule has 8 nitrogen and oxygen atoms in total. The fourth-order valence-electron chi connectivity index (χ4n) is 3.17. The minimum atomic E-state index is -4.01. The van der Waals surface area contributed by atoms with Crippen LogP contribution < -0.4 is 0 Å². The van der Waals surface area contributed by atoms with Gasteiger partial charge in [0.2, 0.25) is 0 Å². The molecule has 0 atom stereocenters. The average molecular weight is 397 g/mol. The Morgan fingerprint density at radius 1 is 1.18 bits per heavy atom. The quantitative estimate of drug-likeness (QED) is 0.562. The second-order valence-corrected chi connectivity index (χ2v) is 8.07. The number of pyridine rings is 1. The van der Waals surface area contributed by atoms with Crippen molar-refractivity contribution in [2.45, 2.75) is 18.7 Å². The SMILES string of the molecule is Cc1noc(C)c1-c1cnc2c(C(=O)O)cn(S(=O)(=O)c3ccccc3)c2c1. The van der Waals surface area contributed by atoms with Crippen molar-refractivity contribution in [3.8, 4) is 11.1 Å². The minimum Gasteiger partial charge on any atom is -0.478 e. The van der Waals surface area contributed by atoms with Gasteiger partial charge in [0.15, 0.2) is 0 Å². The third-order valence-electron chi connectivity index (χ3n) is 4.46. The van der Waals surface area contributed by atoms with Crippen LogP contribution in [-0.2, 0) is 10.0 Å². The summed E-state index contributed by atoms with van der Waals surface area (Å²) in [5, 5.41) is 13.4. The monoisotopic (exact) mass is 397 g/mol. The largest absolute Gasteiger partial charge is 0.478 e. The zero-order valence-electron chi connectivity index (χ0n) is 14.9. The van der Waals surface area contributed by atoms with E-state index in [-0.39, 0.29) is 21.5 Å². The van der Waals surface area contributed by atoms with E-state index in [1.165, 1.54) is 18.3 Å². The molecule has 1 aromatic carbocycles. The number of hydrogen-bond acceptors (Lipinski definition) is 6. The average Bonchev–Trinajstić information content (AvgIpc) is 3.22. The molecule has 0 saturated heterocycles. The van der Waals surface area contributed by atoms with E-state index in [9.17, 15) is 18.3 Å². The van der Waals surface area contributed by atoms with Crippen LogP contribution in [0.5, 0.6) is 0 Å². The summed E-state index contributed by atoms with van der Waals surface area (Å²) in [6, 6.07) is 9.39. The number of carboxylic acids is 1. The fraction of sp³-hybridized carbons (Fsp3) is 0.105. The summed E-state index contributed by atoms with van der Waals surface area (Å²) >= 11 is 0. The minimum absolute atomic E-state index is 0.0478. The van der Waals surface area contributed by atoms with E-state index in [1.54, 1.807) is 38.1 Å². The van der Waals surface area contributed by atoms with Crippen molar-refractivity contribution >= 4 is 27.0 Å². The Kier molecular flexibility index (Phi) is 4.04. The summed E-state index contributed by atoms with van der Waals surface area (Å²) in [6.07, 6.45) is 2.57. The Morgan fingerprint density at radius 2 is 1.89 bits per heavy atom. The molecule has 0 bridgehead atoms. The van der Waals surface area contributed by atoms with Crippen molar-refractivity contribution in [3.63, 3.8) is 0 Å². The van der Waals surface area contributed by atoms with Crippen LogP contribution in [0.25, 0.3) is 22.2 Å². The summed E-state index contributed by atoms with van der Waals surface area (Å²) in [5.41, 5.74) is 1.96. The van der Waals surface area contributed by atoms with Gasteiger partial charge in [0.25, 0.3) is 10.0 Å². The summed E-state index contributed by atoms with van der Waals surface area (Å²) < 4.78 is 32.4. The molecule has 1 N–H and O–H groups in total. The summed E-state index contributed by atoms with van der Waals surface area (Å²) in [4.78, 5) is 15.9. The molecular formula is C19H15N3O5S. The molecule has 0 aliphatic heterocycles. The molecule has 0 unspecified atom stereocenters. The molecule has 0 aliphatic rings. The van der Waals surface area contributed by atoms with E-state index in [2.05, 4.69) is 10.1 Å². The van der Waals surface area contributed by atoms with E-state index < -0.39 is 16.0 Å². The third-order valence-corrected chi connectivity index (χ3v) is 6.15. The maximum Gasteiger partial charge on any atom is 0.339 e. The molecule has 0 amide bonds. The molecule has 3 aromatic heterocycles. The number of nitrogens with zero attached hydrogens (tertiary/aromatic N) is 3. The van der Waals surface area contributed by atoms with Crippen LogP contribution in [0.4, 0.5) is 0 Å². The van der Waals surface area contributed by atoms with Crippen LogP contribution in [0, 0.1) is 13.8 Å². The molecule has 142 valence electrons. The van der Waals surface area contributed by atoms with Gasteiger partial charge in [0.1, 0.15) is 16.8 Å². The number of carbonyl (C=O) groups is 1. The molecule has 28 heavy (non-hydrogen) atoms. The normalized spacial score (nSPS) is 11.8. The fourth-order valence-corrected chi connectivity index (χ4v) is 4.54. The number of fused-ring (bicyclic) bond motifs is 1. The van der Waals surface area contributed by atoms with Crippen molar-refractivity contribution in [2.24, 2.45) is 0 Å². The lowest BCUT2D eigenvalue weighted by molar-refractivity contribution is 0.0699. The number of hydrogen-bond donors (Lipinski definition) is 1. The van der Waals surface area contributed by atoms with E-state index in [1.807, 2.05) is 0 Å². The number of carboxylic acid groups (broad SMARTS) is 1. The van der Waals surface area contributed by atoms with Crippen molar-refractivity contribution < 1.29 is 22.8 Å². The second kappa shape index (κ2) is 6.31. The zero-order chi connectivity index (χ0) is 20.1. The maximum atomic E-state index is 13.1. The maximum absolute atomic E-state index is 13.1. The Morgan fingerprint density at radius 3 is 2.50 bits per heavy atom. The standard InChI is InChI=1S/C19H15N3O5S/c1-11-17(12(2)27-21-11)13-8-16-18(20-9-13)15(19(23)24)10-22(16)28(25,26)14-6-4-3-5-7-14/h3-10H,1-2H3,(H,23,24). The van der Waals surface area contributed by atoms with Crippen LogP contribution in [0.15, 0.2) is 58.2 Å². The Hall–Kier alpha value is -3.46. The van der Waals surface area contributed by atoms with Gasteiger partial charge in [-0.1, -0.05) is 23.4 Å². The molecular weight excluding hydrogens is 382 g/mol. The van der Waals surface area contributed by atoms with Gasteiger partial charge in [-0.25, -0.2) is 17.2 Å². The second-order valence-electron chi connectivity index (χ2n) is 6.25. The number of rotatable bonds is 4. The van der Waals surface area contributed by atoms with Gasteiger partial charge in [0, 0.05) is 23.5 Å². The molecule has 3 heterocycles. The van der Waals surface area contributed by atoms with Crippen LogP contribution in [0.2, 0.25) is 0 Å². The first-order valence-electron chi connectivity index (χ1n) is 8.29. The molecule has 9 heteroatoms. The van der Waals surface area contributed by atoms with Crippen molar-refractivity contribution in [3.05, 3.63) is 65.8 Å². The van der Waals surface area contributed by atoms with Gasteiger partial charge in [-0.3, -0.25) is 4.98 Å². The van der Waals surface area contributed by atoms with Gasteiger partial charge in [-0.15, -0.1) is 0 Å². The first kappa shape index (κ1) is 17.9. The topological polar surface area (TPSA) is 115 Å². The van der Waals surface area contributed by atoms with Crippen LogP contribution in [-0.4, -0.2) is 33.6 Å².